The first-order valence-electron chi connectivity index (χ1n) is 8.69. The van der Waals surface area contributed by atoms with E-state index in [2.05, 4.69) is 22.1 Å². The normalized spacial score (nSPS) is 22.4. The Morgan fingerprint density at radius 2 is 2.09 bits per heavy atom. The number of nitrogens with one attached hydrogen (secondary N) is 1. The molecule has 0 aromatic carbocycles. The number of nitrogens with zero attached hydrogens (tertiary/aromatic N) is 3. The summed E-state index contributed by atoms with van der Waals surface area (Å²) in [7, 11) is 0. The predicted molar refractivity (Wildman–Crippen MR) is 88.2 cm³/mol. The van der Waals surface area contributed by atoms with Gasteiger partial charge in [0.1, 0.15) is 0 Å². The van der Waals surface area contributed by atoms with Crippen molar-refractivity contribution in [1.29, 1.82) is 0 Å². The van der Waals surface area contributed by atoms with E-state index in [-0.39, 0.29) is 0 Å². The zero-order chi connectivity index (χ0) is 15.4. The maximum Gasteiger partial charge on any atom is 0.223 e. The van der Waals surface area contributed by atoms with Crippen molar-refractivity contribution >= 4 is 5.95 Å². The van der Waals surface area contributed by atoms with E-state index in [0.29, 0.717) is 12.5 Å². The minimum Gasteiger partial charge on any atom is -0.396 e. The monoisotopic (exact) mass is 304 g/mol. The lowest BCUT2D eigenvalue weighted by molar-refractivity contribution is 0.123. The highest BCUT2D eigenvalue weighted by atomic mass is 16.3. The third-order valence-corrected chi connectivity index (χ3v) is 4.96. The highest BCUT2D eigenvalue weighted by Gasteiger charge is 2.19. The van der Waals surface area contributed by atoms with Gasteiger partial charge in [-0.05, 0) is 63.5 Å². The van der Waals surface area contributed by atoms with Gasteiger partial charge in [-0.25, -0.2) is 9.97 Å². The van der Waals surface area contributed by atoms with Crippen LogP contribution in [0.25, 0.3) is 0 Å². The highest BCUT2D eigenvalue weighted by Crippen LogP contribution is 2.22. The van der Waals surface area contributed by atoms with Crippen LogP contribution in [0.3, 0.4) is 0 Å². The molecule has 2 heterocycles. The summed E-state index contributed by atoms with van der Waals surface area (Å²) >= 11 is 0. The van der Waals surface area contributed by atoms with E-state index in [1.807, 2.05) is 0 Å². The summed E-state index contributed by atoms with van der Waals surface area (Å²) in [5, 5.41) is 12.7. The second-order valence-electron chi connectivity index (χ2n) is 6.68. The molecular weight excluding hydrogens is 276 g/mol. The van der Waals surface area contributed by atoms with Crippen molar-refractivity contribution in [3.05, 3.63) is 17.0 Å². The number of aryl methyl sites for hydroxylation is 2. The van der Waals surface area contributed by atoms with Crippen molar-refractivity contribution in [2.45, 2.75) is 45.4 Å². The number of piperidine rings is 1. The number of aliphatic hydroxyl groups excluding tert-OH is 1. The molecule has 2 N–H and O–H groups in total. The van der Waals surface area contributed by atoms with Gasteiger partial charge in [0.25, 0.3) is 0 Å². The van der Waals surface area contributed by atoms with Crippen LogP contribution in [0, 0.1) is 12.8 Å². The number of hydrogen-bond acceptors (Lipinski definition) is 5. The number of rotatable bonds is 5. The lowest BCUT2D eigenvalue weighted by Gasteiger charge is -2.31. The van der Waals surface area contributed by atoms with E-state index in [1.54, 1.807) is 0 Å². The van der Waals surface area contributed by atoms with Crippen molar-refractivity contribution in [1.82, 2.24) is 14.9 Å². The van der Waals surface area contributed by atoms with E-state index in [4.69, 9.17) is 4.98 Å². The Morgan fingerprint density at radius 3 is 2.95 bits per heavy atom. The van der Waals surface area contributed by atoms with Crippen LogP contribution >= 0.6 is 0 Å². The molecule has 1 fully saturated rings. The molecule has 1 unspecified atom stereocenters. The van der Waals surface area contributed by atoms with E-state index in [0.717, 1.165) is 57.1 Å². The average molecular weight is 304 g/mol. The molecule has 0 bridgehead atoms. The van der Waals surface area contributed by atoms with E-state index >= 15 is 0 Å². The number of fused-ring (bicyclic) bond motifs is 1. The van der Waals surface area contributed by atoms with Crippen LogP contribution in [0.15, 0.2) is 0 Å². The van der Waals surface area contributed by atoms with Gasteiger partial charge < -0.3 is 15.3 Å². The predicted octanol–water partition coefficient (Wildman–Crippen LogP) is 1.78. The van der Waals surface area contributed by atoms with Gasteiger partial charge in [-0.15, -0.1) is 0 Å². The van der Waals surface area contributed by atoms with Gasteiger partial charge in [0.15, 0.2) is 0 Å². The zero-order valence-corrected chi connectivity index (χ0v) is 13.6. The summed E-state index contributed by atoms with van der Waals surface area (Å²) in [6, 6.07) is 0. The van der Waals surface area contributed by atoms with Gasteiger partial charge in [0, 0.05) is 37.6 Å². The van der Waals surface area contributed by atoms with Gasteiger partial charge in [0.2, 0.25) is 5.95 Å². The van der Waals surface area contributed by atoms with Gasteiger partial charge in [-0.3, -0.25) is 0 Å². The molecule has 22 heavy (non-hydrogen) atoms. The van der Waals surface area contributed by atoms with E-state index in [9.17, 15) is 5.11 Å². The lowest BCUT2D eigenvalue weighted by Crippen LogP contribution is -2.39. The maximum atomic E-state index is 9.29. The van der Waals surface area contributed by atoms with Gasteiger partial charge in [0.05, 0.1) is 0 Å². The van der Waals surface area contributed by atoms with Crippen LogP contribution in [0.4, 0.5) is 5.95 Å². The number of anilines is 1. The van der Waals surface area contributed by atoms with Crippen molar-refractivity contribution in [3.8, 4) is 0 Å². The first kappa shape index (κ1) is 15.7. The minimum absolute atomic E-state index is 0.317. The number of aliphatic hydroxyl groups is 1. The van der Waals surface area contributed by atoms with Crippen LogP contribution in [0.5, 0.6) is 0 Å². The zero-order valence-electron chi connectivity index (χ0n) is 13.6. The Morgan fingerprint density at radius 1 is 1.23 bits per heavy atom. The third-order valence-electron chi connectivity index (χ3n) is 4.96. The number of aromatic nitrogens is 2. The highest BCUT2D eigenvalue weighted by molar-refractivity contribution is 5.35. The van der Waals surface area contributed by atoms with E-state index < -0.39 is 0 Å². The van der Waals surface area contributed by atoms with Crippen molar-refractivity contribution in [2.24, 2.45) is 5.92 Å². The molecule has 5 heteroatoms. The lowest BCUT2D eigenvalue weighted by atomic mass is 9.95. The molecule has 1 aromatic rings. The summed E-state index contributed by atoms with van der Waals surface area (Å²) in [6.07, 6.45) is 7.10. The summed E-state index contributed by atoms with van der Waals surface area (Å²) in [5.74, 6) is 1.24. The maximum absolute atomic E-state index is 9.29. The molecule has 1 aliphatic carbocycles. The first-order valence-corrected chi connectivity index (χ1v) is 8.69. The topological polar surface area (TPSA) is 61.3 Å². The Hall–Kier alpha value is -1.20. The smallest absolute Gasteiger partial charge is 0.223 e. The van der Waals surface area contributed by atoms with Gasteiger partial charge >= 0.3 is 0 Å². The first-order chi connectivity index (χ1) is 10.8. The molecule has 1 aromatic heterocycles. The van der Waals surface area contributed by atoms with Crippen LogP contribution in [0.2, 0.25) is 0 Å². The fourth-order valence-corrected chi connectivity index (χ4v) is 3.69. The van der Waals surface area contributed by atoms with Crippen molar-refractivity contribution in [2.75, 3.05) is 38.1 Å². The number of likely N-dealkylation sites (tertiary alicyclic amines) is 1. The quantitative estimate of drug-likeness (QED) is 0.868. The van der Waals surface area contributed by atoms with Crippen molar-refractivity contribution in [3.63, 3.8) is 0 Å². The Kier molecular flexibility index (Phi) is 5.26. The average Bonchev–Trinajstić information content (AvgIpc) is 2.55. The minimum atomic E-state index is 0.317. The molecule has 0 radical (unpaired) electrons. The summed E-state index contributed by atoms with van der Waals surface area (Å²) in [6.45, 7) is 6.45. The van der Waals surface area contributed by atoms with Crippen LogP contribution in [0.1, 0.15) is 42.6 Å². The van der Waals surface area contributed by atoms with Crippen molar-refractivity contribution < 1.29 is 5.11 Å². The SMILES string of the molecule is Cc1nc(NCCN2CCCC(CO)C2)nc2c1CCCC2. The standard InChI is InChI=1S/C17H28N4O/c1-13-15-6-2-3-7-16(15)20-17(19-13)18-8-10-21-9-4-5-14(11-21)12-22/h14,22H,2-12H2,1H3,(H,18,19,20). The second-order valence-corrected chi connectivity index (χ2v) is 6.68. The Bertz CT molecular complexity index is 506. The molecule has 122 valence electrons. The summed E-state index contributed by atoms with van der Waals surface area (Å²) < 4.78 is 0. The molecule has 1 atom stereocenters. The van der Waals surface area contributed by atoms with Crippen LogP contribution in [-0.2, 0) is 12.8 Å². The molecule has 0 amide bonds. The fourth-order valence-electron chi connectivity index (χ4n) is 3.69. The number of hydrogen-bond donors (Lipinski definition) is 2. The second kappa shape index (κ2) is 7.38. The molecule has 3 rings (SSSR count). The third kappa shape index (κ3) is 3.76. The molecule has 1 saturated heterocycles. The molecular formula is C17H28N4O. The Labute approximate surface area is 133 Å². The van der Waals surface area contributed by atoms with Gasteiger partial charge in [-0.2, -0.15) is 0 Å². The van der Waals surface area contributed by atoms with Gasteiger partial charge in [-0.1, -0.05) is 0 Å². The molecule has 5 nitrogen and oxygen atoms in total. The van der Waals surface area contributed by atoms with E-state index in [1.165, 1.54) is 30.5 Å². The largest absolute Gasteiger partial charge is 0.396 e. The van der Waals surface area contributed by atoms with Crippen LogP contribution in [-0.4, -0.2) is 52.8 Å². The summed E-state index contributed by atoms with van der Waals surface area (Å²) in [5.41, 5.74) is 3.77. The Balaban J connectivity index is 1.52. The molecule has 2 aliphatic rings. The van der Waals surface area contributed by atoms with Crippen LogP contribution < -0.4 is 5.32 Å². The summed E-state index contributed by atoms with van der Waals surface area (Å²) in [4.78, 5) is 11.8. The fraction of sp³-hybridized carbons (Fsp3) is 0.765. The molecule has 0 saturated carbocycles. The molecule has 1 aliphatic heterocycles. The molecule has 0 spiro atoms.